The van der Waals surface area contributed by atoms with Crippen molar-refractivity contribution in [3.8, 4) is 10.6 Å². The van der Waals surface area contributed by atoms with Crippen LogP contribution in [0.15, 0.2) is 18.2 Å². The first-order chi connectivity index (χ1) is 10.7. The van der Waals surface area contributed by atoms with E-state index < -0.39 is 28.1 Å². The predicted molar refractivity (Wildman–Crippen MR) is 81.8 cm³/mol. The Morgan fingerprint density at radius 3 is 2.65 bits per heavy atom. The van der Waals surface area contributed by atoms with E-state index in [0.717, 1.165) is 23.5 Å². The molecule has 0 fully saturated rings. The fourth-order valence-corrected chi connectivity index (χ4v) is 2.29. The van der Waals surface area contributed by atoms with Crippen molar-refractivity contribution in [2.45, 2.75) is 26.4 Å². The second kappa shape index (κ2) is 6.24. The van der Waals surface area contributed by atoms with Gasteiger partial charge < -0.3 is 4.74 Å². The van der Waals surface area contributed by atoms with Gasteiger partial charge >= 0.3 is 11.8 Å². The summed E-state index contributed by atoms with van der Waals surface area (Å²) < 4.78 is 18.7. The summed E-state index contributed by atoms with van der Waals surface area (Å²) in [4.78, 5) is 21.4. The molecule has 1 aromatic carbocycles. The Balaban J connectivity index is 2.15. The Morgan fingerprint density at radius 2 is 2.09 bits per heavy atom. The van der Waals surface area contributed by atoms with Gasteiger partial charge in [0.15, 0.2) is 0 Å². The van der Waals surface area contributed by atoms with E-state index >= 15 is 0 Å². The topological polar surface area (TPSA) is 107 Å². The molecule has 0 atom stereocenters. The summed E-state index contributed by atoms with van der Waals surface area (Å²) in [6.45, 7) is 5.16. The highest BCUT2D eigenvalue weighted by molar-refractivity contribution is 7.18. The van der Waals surface area contributed by atoms with Crippen molar-refractivity contribution in [2.75, 3.05) is 5.32 Å². The maximum absolute atomic E-state index is 13.6. The van der Waals surface area contributed by atoms with Crippen molar-refractivity contribution < 1.29 is 18.8 Å². The van der Waals surface area contributed by atoms with Crippen LogP contribution >= 0.6 is 11.3 Å². The summed E-state index contributed by atoms with van der Waals surface area (Å²) in [5, 5.41) is 21.0. The minimum atomic E-state index is -0.968. The van der Waals surface area contributed by atoms with Crippen LogP contribution in [0.25, 0.3) is 10.6 Å². The molecule has 0 saturated heterocycles. The van der Waals surface area contributed by atoms with Crippen LogP contribution < -0.4 is 5.32 Å². The summed E-state index contributed by atoms with van der Waals surface area (Å²) in [5.74, 6) is -0.968. The summed E-state index contributed by atoms with van der Waals surface area (Å²) in [6.07, 6.45) is -0.685. The number of amides is 1. The van der Waals surface area contributed by atoms with Gasteiger partial charge in [-0.15, -0.1) is 10.2 Å². The van der Waals surface area contributed by atoms with Crippen molar-refractivity contribution in [1.29, 1.82) is 0 Å². The fraction of sp³-hybridized carbons (Fsp3) is 0.308. The zero-order valence-electron chi connectivity index (χ0n) is 12.5. The number of carbonyl (C=O) groups excluding carboxylic acids is 1. The highest BCUT2D eigenvalue weighted by Gasteiger charge is 2.19. The van der Waals surface area contributed by atoms with Crippen LogP contribution in [0.4, 0.5) is 20.0 Å². The van der Waals surface area contributed by atoms with Crippen molar-refractivity contribution in [2.24, 2.45) is 0 Å². The molecule has 0 bridgehead atoms. The average molecular weight is 340 g/mol. The van der Waals surface area contributed by atoms with E-state index in [1.807, 2.05) is 0 Å². The van der Waals surface area contributed by atoms with E-state index in [-0.39, 0.29) is 5.13 Å². The molecule has 0 aliphatic rings. The maximum atomic E-state index is 13.6. The summed E-state index contributed by atoms with van der Waals surface area (Å²) in [6, 6.07) is 3.40. The summed E-state index contributed by atoms with van der Waals surface area (Å²) in [5.41, 5.74) is -0.952. The minimum absolute atomic E-state index is 0.174. The van der Waals surface area contributed by atoms with Crippen LogP contribution in [-0.2, 0) is 4.74 Å². The van der Waals surface area contributed by atoms with Crippen LogP contribution in [0, 0.1) is 15.9 Å². The Hall–Kier alpha value is -2.62. The van der Waals surface area contributed by atoms with E-state index in [0.29, 0.717) is 10.6 Å². The maximum Gasteiger partial charge on any atom is 0.414 e. The number of nitro groups is 1. The summed E-state index contributed by atoms with van der Waals surface area (Å²) >= 11 is 0.993. The lowest BCUT2D eigenvalue weighted by molar-refractivity contribution is -0.387. The van der Waals surface area contributed by atoms with E-state index in [4.69, 9.17) is 4.74 Å². The number of benzene rings is 1. The van der Waals surface area contributed by atoms with Crippen molar-refractivity contribution in [3.05, 3.63) is 34.1 Å². The lowest BCUT2D eigenvalue weighted by atomic mass is 10.2. The third kappa shape index (κ3) is 4.42. The number of rotatable bonds is 3. The van der Waals surface area contributed by atoms with E-state index in [9.17, 15) is 19.3 Å². The number of ether oxygens (including phenoxy) is 1. The number of nitro benzene ring substituents is 1. The lowest BCUT2D eigenvalue weighted by Crippen LogP contribution is -2.27. The zero-order chi connectivity index (χ0) is 17.2. The average Bonchev–Trinajstić information content (AvgIpc) is 2.84. The standard InChI is InChI=1S/C13H13FN4O4S/c1-13(2,3)22-12(19)15-11-17-16-10(23-11)7-4-5-9(18(20)21)8(14)6-7/h4-6H,1-3H3,(H,15,17,19). The molecule has 1 amide bonds. The molecule has 1 heterocycles. The van der Waals surface area contributed by atoms with E-state index in [1.54, 1.807) is 20.8 Å². The largest absolute Gasteiger partial charge is 0.444 e. The van der Waals surface area contributed by atoms with Gasteiger partial charge in [-0.05, 0) is 32.9 Å². The van der Waals surface area contributed by atoms with E-state index in [2.05, 4.69) is 15.5 Å². The highest BCUT2D eigenvalue weighted by atomic mass is 32.1. The third-order valence-corrected chi connectivity index (χ3v) is 3.31. The van der Waals surface area contributed by atoms with Gasteiger partial charge in [-0.2, -0.15) is 4.39 Å². The molecule has 0 radical (unpaired) electrons. The smallest absolute Gasteiger partial charge is 0.414 e. The van der Waals surface area contributed by atoms with Crippen molar-refractivity contribution in [3.63, 3.8) is 0 Å². The number of hydrogen-bond acceptors (Lipinski definition) is 7. The Labute approximate surface area is 134 Å². The van der Waals surface area contributed by atoms with Crippen LogP contribution in [0.2, 0.25) is 0 Å². The van der Waals surface area contributed by atoms with Crippen LogP contribution in [0.5, 0.6) is 0 Å². The fourth-order valence-electron chi connectivity index (χ4n) is 1.57. The number of hydrogen-bond donors (Lipinski definition) is 1. The van der Waals surface area contributed by atoms with Crippen molar-refractivity contribution in [1.82, 2.24) is 10.2 Å². The Morgan fingerprint density at radius 1 is 1.39 bits per heavy atom. The molecule has 0 aliphatic heterocycles. The molecule has 2 aromatic rings. The Kier molecular flexibility index (Phi) is 4.55. The van der Waals surface area contributed by atoms with Gasteiger partial charge in [0, 0.05) is 11.6 Å². The Bertz CT molecular complexity index is 757. The van der Waals surface area contributed by atoms with Gasteiger partial charge in [0.1, 0.15) is 10.6 Å². The van der Waals surface area contributed by atoms with Gasteiger partial charge in [0.2, 0.25) is 10.9 Å². The number of carbonyl (C=O) groups is 1. The number of nitrogens with zero attached hydrogens (tertiary/aromatic N) is 3. The molecule has 122 valence electrons. The first-order valence-corrected chi connectivity index (χ1v) is 7.25. The predicted octanol–water partition coefficient (Wildman–Crippen LogP) is 3.60. The molecule has 10 heteroatoms. The first-order valence-electron chi connectivity index (χ1n) is 6.43. The van der Waals surface area contributed by atoms with Gasteiger partial charge in [0.25, 0.3) is 0 Å². The SMILES string of the molecule is CC(C)(C)OC(=O)Nc1nnc(-c2ccc([N+](=O)[O-])c(F)c2)s1. The van der Waals surface area contributed by atoms with Crippen molar-refractivity contribution >= 4 is 28.2 Å². The highest BCUT2D eigenvalue weighted by Crippen LogP contribution is 2.29. The van der Waals surface area contributed by atoms with Gasteiger partial charge in [0.05, 0.1) is 4.92 Å². The zero-order valence-corrected chi connectivity index (χ0v) is 13.3. The third-order valence-electron chi connectivity index (χ3n) is 2.42. The number of aromatic nitrogens is 2. The monoisotopic (exact) mass is 340 g/mol. The molecule has 0 unspecified atom stereocenters. The van der Waals surface area contributed by atoms with Gasteiger partial charge in [-0.25, -0.2) is 4.79 Å². The molecule has 0 aliphatic carbocycles. The molecule has 23 heavy (non-hydrogen) atoms. The lowest BCUT2D eigenvalue weighted by Gasteiger charge is -2.18. The second-order valence-electron chi connectivity index (χ2n) is 5.46. The first kappa shape index (κ1) is 16.7. The second-order valence-corrected chi connectivity index (χ2v) is 6.44. The molecule has 8 nitrogen and oxygen atoms in total. The molecule has 1 aromatic heterocycles. The quantitative estimate of drug-likeness (QED) is 0.675. The number of anilines is 1. The molecule has 2 rings (SSSR count). The molecule has 0 saturated carbocycles. The van der Waals surface area contributed by atoms with Gasteiger partial charge in [-0.1, -0.05) is 11.3 Å². The number of nitrogens with one attached hydrogen (secondary N) is 1. The molecular weight excluding hydrogens is 327 g/mol. The normalized spacial score (nSPS) is 11.1. The number of halogens is 1. The summed E-state index contributed by atoms with van der Waals surface area (Å²) in [7, 11) is 0. The van der Waals surface area contributed by atoms with Crippen LogP contribution in [-0.4, -0.2) is 26.8 Å². The minimum Gasteiger partial charge on any atom is -0.444 e. The van der Waals surface area contributed by atoms with Crippen LogP contribution in [0.3, 0.4) is 0 Å². The molecule has 0 spiro atoms. The van der Waals surface area contributed by atoms with Gasteiger partial charge in [-0.3, -0.25) is 15.4 Å². The molecular formula is C13H13FN4O4S. The van der Waals surface area contributed by atoms with Crippen LogP contribution in [0.1, 0.15) is 20.8 Å². The molecule has 1 N–H and O–H groups in total. The van der Waals surface area contributed by atoms with E-state index in [1.165, 1.54) is 6.07 Å².